The summed E-state index contributed by atoms with van der Waals surface area (Å²) in [6.07, 6.45) is 4.07. The van der Waals surface area contributed by atoms with Crippen molar-refractivity contribution < 1.29 is 9.53 Å². The Morgan fingerprint density at radius 3 is 3.08 bits per heavy atom. The number of fused-ring (bicyclic) bond motifs is 3. The largest absolute Gasteiger partial charge is 0.462 e. The van der Waals surface area contributed by atoms with E-state index in [1.165, 1.54) is 19.3 Å². The summed E-state index contributed by atoms with van der Waals surface area (Å²) in [6, 6.07) is 0. The molecule has 13 heavy (non-hydrogen) atoms. The van der Waals surface area contributed by atoms with Crippen molar-refractivity contribution in [3.8, 4) is 0 Å². The Morgan fingerprint density at radius 1 is 1.54 bits per heavy atom. The first-order chi connectivity index (χ1) is 6.12. The third-order valence-electron chi connectivity index (χ3n) is 4.55. The predicted molar refractivity (Wildman–Crippen MR) is 48.0 cm³/mol. The Labute approximate surface area is 78.6 Å². The smallest absolute Gasteiger partial charge is 0.309 e. The first-order valence-corrected chi connectivity index (χ1v) is 5.32. The van der Waals surface area contributed by atoms with Crippen LogP contribution >= 0.6 is 0 Å². The fourth-order valence-corrected chi connectivity index (χ4v) is 3.32. The molecule has 5 atom stereocenters. The highest BCUT2D eigenvalue weighted by atomic mass is 16.6. The standard InChI is InChI=1S/C11H16O2/c1-6-7-3-4-11(2)5-8(11)9(7)13-10(6)12/h6-9H,3-5H2,1-2H3. The van der Waals surface area contributed by atoms with E-state index >= 15 is 0 Å². The van der Waals surface area contributed by atoms with Gasteiger partial charge in [0.25, 0.3) is 0 Å². The van der Waals surface area contributed by atoms with E-state index in [2.05, 4.69) is 6.92 Å². The van der Waals surface area contributed by atoms with Crippen LogP contribution in [0.2, 0.25) is 0 Å². The summed E-state index contributed by atoms with van der Waals surface area (Å²) in [5, 5.41) is 0. The summed E-state index contributed by atoms with van der Waals surface area (Å²) >= 11 is 0. The Balaban J connectivity index is 1.88. The van der Waals surface area contributed by atoms with Gasteiger partial charge in [-0.3, -0.25) is 4.79 Å². The van der Waals surface area contributed by atoms with Gasteiger partial charge >= 0.3 is 5.97 Å². The summed E-state index contributed by atoms with van der Waals surface area (Å²) in [6.45, 7) is 4.36. The zero-order valence-electron chi connectivity index (χ0n) is 8.25. The molecule has 72 valence electrons. The molecule has 0 aromatic rings. The Hall–Kier alpha value is -0.530. The van der Waals surface area contributed by atoms with E-state index in [1.807, 2.05) is 6.92 Å². The Bertz CT molecular complexity index is 273. The van der Waals surface area contributed by atoms with Crippen molar-refractivity contribution in [3.63, 3.8) is 0 Å². The van der Waals surface area contributed by atoms with Gasteiger partial charge in [0.15, 0.2) is 0 Å². The molecule has 2 heteroatoms. The molecule has 2 aliphatic carbocycles. The van der Waals surface area contributed by atoms with E-state index in [1.54, 1.807) is 0 Å². The van der Waals surface area contributed by atoms with E-state index in [4.69, 9.17) is 4.74 Å². The molecule has 2 nitrogen and oxygen atoms in total. The third kappa shape index (κ3) is 0.866. The van der Waals surface area contributed by atoms with Gasteiger partial charge in [0.2, 0.25) is 0 Å². The van der Waals surface area contributed by atoms with Crippen molar-refractivity contribution in [2.75, 3.05) is 0 Å². The minimum absolute atomic E-state index is 0.0474. The van der Waals surface area contributed by atoms with E-state index in [0.717, 1.165) is 0 Å². The molecule has 2 saturated carbocycles. The average molecular weight is 180 g/mol. The van der Waals surface area contributed by atoms with Crippen LogP contribution in [0, 0.1) is 23.2 Å². The van der Waals surface area contributed by atoms with Crippen LogP contribution in [-0.4, -0.2) is 12.1 Å². The van der Waals surface area contributed by atoms with E-state index in [0.29, 0.717) is 17.3 Å². The number of hydrogen-bond acceptors (Lipinski definition) is 2. The molecule has 0 aromatic carbocycles. The van der Waals surface area contributed by atoms with Crippen LogP contribution in [0.5, 0.6) is 0 Å². The lowest BCUT2D eigenvalue weighted by atomic mass is 9.77. The van der Waals surface area contributed by atoms with Crippen molar-refractivity contribution in [1.82, 2.24) is 0 Å². The number of hydrogen-bond donors (Lipinski definition) is 0. The van der Waals surface area contributed by atoms with Gasteiger partial charge in [0, 0.05) is 11.8 Å². The fraction of sp³-hybridized carbons (Fsp3) is 0.909. The van der Waals surface area contributed by atoms with Crippen LogP contribution in [0.4, 0.5) is 0 Å². The lowest BCUT2D eigenvalue weighted by Crippen LogP contribution is -2.29. The molecule has 3 rings (SSSR count). The predicted octanol–water partition coefficient (Wildman–Crippen LogP) is 1.98. The lowest BCUT2D eigenvalue weighted by Gasteiger charge is -2.28. The van der Waals surface area contributed by atoms with Crippen LogP contribution in [0.3, 0.4) is 0 Å². The van der Waals surface area contributed by atoms with Crippen LogP contribution < -0.4 is 0 Å². The normalized spacial score (nSPS) is 58.2. The van der Waals surface area contributed by atoms with Gasteiger partial charge in [-0.2, -0.15) is 0 Å². The van der Waals surface area contributed by atoms with Crippen LogP contribution in [0.25, 0.3) is 0 Å². The van der Waals surface area contributed by atoms with Crippen molar-refractivity contribution >= 4 is 5.97 Å². The maximum absolute atomic E-state index is 11.4. The summed E-state index contributed by atoms with van der Waals surface area (Å²) in [5.41, 5.74) is 0.533. The van der Waals surface area contributed by atoms with Gasteiger partial charge < -0.3 is 4.74 Å². The molecule has 3 fully saturated rings. The van der Waals surface area contributed by atoms with Crippen molar-refractivity contribution in [3.05, 3.63) is 0 Å². The summed E-state index contributed by atoms with van der Waals surface area (Å²) in [7, 11) is 0. The second kappa shape index (κ2) is 2.10. The van der Waals surface area contributed by atoms with E-state index in [9.17, 15) is 4.79 Å². The molecule has 3 aliphatic rings. The van der Waals surface area contributed by atoms with Gasteiger partial charge in [0.1, 0.15) is 6.10 Å². The molecule has 5 unspecified atom stereocenters. The third-order valence-corrected chi connectivity index (χ3v) is 4.55. The number of esters is 1. The molecular weight excluding hydrogens is 164 g/mol. The zero-order chi connectivity index (χ0) is 9.22. The SMILES string of the molecule is CC1C(=O)OC2C1CCC1(C)CC21. The quantitative estimate of drug-likeness (QED) is 0.533. The summed E-state index contributed by atoms with van der Waals surface area (Å²) < 4.78 is 5.46. The molecule has 0 spiro atoms. The molecular formula is C11H16O2. The van der Waals surface area contributed by atoms with E-state index < -0.39 is 0 Å². The van der Waals surface area contributed by atoms with E-state index in [-0.39, 0.29) is 18.0 Å². The molecule has 0 radical (unpaired) electrons. The van der Waals surface area contributed by atoms with Crippen LogP contribution in [-0.2, 0) is 9.53 Å². The highest BCUT2D eigenvalue weighted by Crippen LogP contribution is 2.65. The van der Waals surface area contributed by atoms with Crippen molar-refractivity contribution in [2.24, 2.45) is 23.2 Å². The lowest BCUT2D eigenvalue weighted by molar-refractivity contribution is -0.145. The van der Waals surface area contributed by atoms with Crippen molar-refractivity contribution in [1.29, 1.82) is 0 Å². The number of ether oxygens (including phenoxy) is 1. The second-order valence-electron chi connectivity index (χ2n) is 5.36. The number of rotatable bonds is 0. The monoisotopic (exact) mass is 180 g/mol. The molecule has 0 amide bonds. The first-order valence-electron chi connectivity index (χ1n) is 5.32. The van der Waals surface area contributed by atoms with Crippen molar-refractivity contribution in [2.45, 2.75) is 39.2 Å². The maximum atomic E-state index is 11.4. The average Bonchev–Trinajstić information content (AvgIpc) is 2.69. The van der Waals surface area contributed by atoms with Gasteiger partial charge in [-0.05, 0) is 24.7 Å². The summed E-state index contributed by atoms with van der Waals surface area (Å²) in [4.78, 5) is 11.4. The first kappa shape index (κ1) is 7.84. The topological polar surface area (TPSA) is 26.3 Å². The molecule has 1 aliphatic heterocycles. The summed E-state index contributed by atoms with van der Waals surface area (Å²) in [5.74, 6) is 1.44. The van der Waals surface area contributed by atoms with Gasteiger partial charge in [0.05, 0.1) is 5.92 Å². The van der Waals surface area contributed by atoms with Crippen LogP contribution in [0.1, 0.15) is 33.1 Å². The number of carbonyl (C=O) groups excluding carboxylic acids is 1. The van der Waals surface area contributed by atoms with Gasteiger partial charge in [-0.1, -0.05) is 13.8 Å². The Morgan fingerprint density at radius 2 is 2.31 bits per heavy atom. The maximum Gasteiger partial charge on any atom is 0.309 e. The molecule has 1 saturated heterocycles. The highest BCUT2D eigenvalue weighted by molar-refractivity contribution is 5.75. The highest BCUT2D eigenvalue weighted by Gasteiger charge is 2.63. The molecule has 0 aromatic heterocycles. The fourth-order valence-electron chi connectivity index (χ4n) is 3.32. The second-order valence-corrected chi connectivity index (χ2v) is 5.36. The molecule has 0 N–H and O–H groups in total. The zero-order valence-corrected chi connectivity index (χ0v) is 8.25. The van der Waals surface area contributed by atoms with Gasteiger partial charge in [-0.15, -0.1) is 0 Å². The number of carbonyl (C=O) groups is 1. The minimum atomic E-state index is 0.0474. The van der Waals surface area contributed by atoms with Crippen LogP contribution in [0.15, 0.2) is 0 Å². The minimum Gasteiger partial charge on any atom is -0.462 e. The van der Waals surface area contributed by atoms with Gasteiger partial charge in [-0.25, -0.2) is 0 Å². The molecule has 1 heterocycles. The Kier molecular flexibility index (Phi) is 1.27. The molecule has 0 bridgehead atoms.